The fraction of sp³-hybridized carbons (Fsp3) is 0.333. The molecular formula is C12H15N3OS. The molecule has 0 fully saturated rings. The molecule has 1 unspecified atom stereocenters. The number of nitrogens with one attached hydrogen (secondary N) is 1. The van der Waals surface area contributed by atoms with E-state index >= 15 is 0 Å². The van der Waals surface area contributed by atoms with Crippen LogP contribution in [0.5, 0.6) is 0 Å². The quantitative estimate of drug-likeness (QED) is 0.821. The first kappa shape index (κ1) is 11.9. The number of nitrogens with zero attached hydrogens (tertiary/aromatic N) is 1. The van der Waals surface area contributed by atoms with Gasteiger partial charge in [-0.25, -0.2) is 0 Å². The molecule has 0 radical (unpaired) electrons. The molecule has 2 aromatic rings. The lowest BCUT2D eigenvalue weighted by Gasteiger charge is -2.12. The molecule has 1 heterocycles. The highest BCUT2D eigenvalue weighted by molar-refractivity contribution is 7.71. The van der Waals surface area contributed by atoms with Gasteiger partial charge in [-0.1, -0.05) is 6.07 Å². The Morgan fingerprint density at radius 2 is 2.29 bits per heavy atom. The second kappa shape index (κ2) is 4.33. The zero-order chi connectivity index (χ0) is 12.6. The van der Waals surface area contributed by atoms with E-state index in [1.807, 2.05) is 36.6 Å². The number of primary amides is 1. The van der Waals surface area contributed by atoms with Crippen LogP contribution in [0.1, 0.15) is 24.9 Å². The van der Waals surface area contributed by atoms with Crippen LogP contribution in [0.25, 0.3) is 11.0 Å². The van der Waals surface area contributed by atoms with E-state index in [2.05, 4.69) is 4.98 Å². The molecule has 0 saturated carbocycles. The molecule has 4 nitrogen and oxygen atoms in total. The largest absolute Gasteiger partial charge is 0.370 e. The fourth-order valence-corrected chi connectivity index (χ4v) is 2.45. The zero-order valence-electron chi connectivity index (χ0n) is 9.86. The molecule has 3 N–H and O–H groups in total. The van der Waals surface area contributed by atoms with Gasteiger partial charge in [0.15, 0.2) is 4.77 Å². The van der Waals surface area contributed by atoms with Crippen LogP contribution in [0.15, 0.2) is 18.2 Å². The Bertz CT molecular complexity index is 626. The Morgan fingerprint density at radius 1 is 1.59 bits per heavy atom. The van der Waals surface area contributed by atoms with Crippen molar-refractivity contribution in [2.24, 2.45) is 5.73 Å². The average Bonchev–Trinajstić information content (AvgIpc) is 2.51. The number of imidazole rings is 1. The van der Waals surface area contributed by atoms with Crippen LogP contribution in [0.4, 0.5) is 0 Å². The molecule has 1 atom stereocenters. The average molecular weight is 249 g/mol. The standard InChI is InChI=1S/C12H15N3OS/c1-7-3-4-10-9(5-7)14-12(17)15(10)8(2)6-11(13)16/h3-5,8H,6H2,1-2H3,(H2,13,16)(H,14,17). The molecule has 0 aliphatic heterocycles. The normalized spacial score (nSPS) is 12.8. The van der Waals surface area contributed by atoms with Gasteiger partial charge in [0.2, 0.25) is 5.91 Å². The molecule has 0 saturated heterocycles. The number of rotatable bonds is 3. The molecular weight excluding hydrogens is 234 g/mol. The number of nitrogens with two attached hydrogens (primary N) is 1. The molecule has 0 bridgehead atoms. The molecule has 90 valence electrons. The summed E-state index contributed by atoms with van der Waals surface area (Å²) in [6.45, 7) is 3.97. The van der Waals surface area contributed by atoms with Crippen molar-refractivity contribution in [2.75, 3.05) is 0 Å². The molecule has 2 rings (SSSR count). The third-order valence-corrected chi connectivity index (χ3v) is 3.11. The van der Waals surface area contributed by atoms with Gasteiger partial charge in [-0.2, -0.15) is 0 Å². The van der Waals surface area contributed by atoms with Gasteiger partial charge in [0.1, 0.15) is 0 Å². The van der Waals surface area contributed by atoms with Crippen LogP contribution in [-0.4, -0.2) is 15.5 Å². The van der Waals surface area contributed by atoms with E-state index in [9.17, 15) is 4.79 Å². The van der Waals surface area contributed by atoms with Crippen molar-refractivity contribution in [1.82, 2.24) is 9.55 Å². The number of carbonyl (C=O) groups is 1. The first-order chi connectivity index (χ1) is 7.99. The number of H-pyrrole nitrogens is 1. The summed E-state index contributed by atoms with van der Waals surface area (Å²) in [6, 6.07) is 6.04. The Balaban J connectivity index is 2.57. The predicted octanol–water partition coefficient (Wildman–Crippen LogP) is 2.44. The minimum atomic E-state index is -0.319. The van der Waals surface area contributed by atoms with Gasteiger partial charge in [0, 0.05) is 12.5 Å². The summed E-state index contributed by atoms with van der Waals surface area (Å²) in [5, 5.41) is 0. The minimum Gasteiger partial charge on any atom is -0.370 e. The van der Waals surface area contributed by atoms with Crippen molar-refractivity contribution >= 4 is 29.2 Å². The topological polar surface area (TPSA) is 63.8 Å². The summed E-state index contributed by atoms with van der Waals surface area (Å²) in [4.78, 5) is 14.1. The lowest BCUT2D eigenvalue weighted by Crippen LogP contribution is -2.17. The van der Waals surface area contributed by atoms with Crippen molar-refractivity contribution in [3.05, 3.63) is 28.5 Å². The van der Waals surface area contributed by atoms with E-state index in [0.29, 0.717) is 4.77 Å². The molecule has 0 aliphatic rings. The number of hydrogen-bond acceptors (Lipinski definition) is 2. The second-order valence-corrected chi connectivity index (χ2v) is 4.73. The van der Waals surface area contributed by atoms with Crippen LogP contribution in [0.2, 0.25) is 0 Å². The van der Waals surface area contributed by atoms with Crippen LogP contribution in [0.3, 0.4) is 0 Å². The van der Waals surface area contributed by atoms with Crippen molar-refractivity contribution in [3.8, 4) is 0 Å². The number of benzene rings is 1. The van der Waals surface area contributed by atoms with Crippen molar-refractivity contribution in [3.63, 3.8) is 0 Å². The van der Waals surface area contributed by atoms with E-state index < -0.39 is 0 Å². The van der Waals surface area contributed by atoms with Gasteiger partial charge < -0.3 is 15.3 Å². The summed E-state index contributed by atoms with van der Waals surface area (Å²) in [7, 11) is 0. The molecule has 1 aromatic heterocycles. The van der Waals surface area contributed by atoms with E-state index in [0.717, 1.165) is 11.0 Å². The summed E-state index contributed by atoms with van der Waals surface area (Å²) in [6.07, 6.45) is 0.287. The van der Waals surface area contributed by atoms with Gasteiger partial charge in [0.25, 0.3) is 0 Å². The van der Waals surface area contributed by atoms with Crippen LogP contribution < -0.4 is 5.73 Å². The van der Waals surface area contributed by atoms with Crippen molar-refractivity contribution in [1.29, 1.82) is 0 Å². The molecule has 5 heteroatoms. The molecule has 0 aliphatic carbocycles. The van der Waals surface area contributed by atoms with Crippen LogP contribution >= 0.6 is 12.2 Å². The summed E-state index contributed by atoms with van der Waals surface area (Å²) >= 11 is 5.28. The monoisotopic (exact) mass is 249 g/mol. The maximum absolute atomic E-state index is 11.0. The Kier molecular flexibility index (Phi) is 3.02. The fourth-order valence-electron chi connectivity index (χ4n) is 2.06. The maximum atomic E-state index is 11.0. The van der Waals surface area contributed by atoms with E-state index in [-0.39, 0.29) is 18.4 Å². The predicted molar refractivity (Wildman–Crippen MR) is 70.4 cm³/mol. The van der Waals surface area contributed by atoms with Gasteiger partial charge in [-0.05, 0) is 43.8 Å². The second-order valence-electron chi connectivity index (χ2n) is 4.34. The molecule has 0 spiro atoms. The molecule has 1 aromatic carbocycles. The highest BCUT2D eigenvalue weighted by Gasteiger charge is 2.13. The Morgan fingerprint density at radius 3 is 2.94 bits per heavy atom. The number of aryl methyl sites for hydroxylation is 1. The van der Waals surface area contributed by atoms with Crippen LogP contribution in [0, 0.1) is 11.7 Å². The van der Waals surface area contributed by atoms with Gasteiger partial charge in [-0.15, -0.1) is 0 Å². The first-order valence-corrected chi connectivity index (χ1v) is 5.89. The third-order valence-electron chi connectivity index (χ3n) is 2.81. The number of fused-ring (bicyclic) bond motifs is 1. The van der Waals surface area contributed by atoms with Gasteiger partial charge in [0.05, 0.1) is 11.0 Å². The summed E-state index contributed by atoms with van der Waals surface area (Å²) in [5.41, 5.74) is 8.39. The maximum Gasteiger partial charge on any atom is 0.219 e. The first-order valence-electron chi connectivity index (χ1n) is 5.48. The number of aromatic amines is 1. The van der Waals surface area contributed by atoms with E-state index in [1.165, 1.54) is 5.56 Å². The Hall–Kier alpha value is -1.62. The lowest BCUT2D eigenvalue weighted by atomic mass is 10.2. The number of amides is 1. The highest BCUT2D eigenvalue weighted by atomic mass is 32.1. The minimum absolute atomic E-state index is 0.0311. The van der Waals surface area contributed by atoms with Crippen LogP contribution in [-0.2, 0) is 4.79 Å². The third kappa shape index (κ3) is 2.24. The lowest BCUT2D eigenvalue weighted by molar-refractivity contribution is -0.118. The smallest absolute Gasteiger partial charge is 0.219 e. The summed E-state index contributed by atoms with van der Waals surface area (Å²) in [5.74, 6) is -0.319. The molecule has 1 amide bonds. The number of hydrogen-bond donors (Lipinski definition) is 2. The number of carbonyl (C=O) groups excluding carboxylic acids is 1. The zero-order valence-corrected chi connectivity index (χ0v) is 10.7. The van der Waals surface area contributed by atoms with E-state index in [4.69, 9.17) is 18.0 Å². The number of aromatic nitrogens is 2. The molecule has 17 heavy (non-hydrogen) atoms. The van der Waals surface area contributed by atoms with Crippen molar-refractivity contribution in [2.45, 2.75) is 26.3 Å². The highest BCUT2D eigenvalue weighted by Crippen LogP contribution is 2.21. The van der Waals surface area contributed by atoms with Gasteiger partial charge >= 0.3 is 0 Å². The summed E-state index contributed by atoms with van der Waals surface area (Å²) < 4.78 is 2.56. The SMILES string of the molecule is Cc1ccc2c(c1)[nH]c(=S)n2C(C)CC(N)=O. The Labute approximate surface area is 104 Å². The van der Waals surface area contributed by atoms with Crippen molar-refractivity contribution < 1.29 is 4.79 Å². The van der Waals surface area contributed by atoms with E-state index in [1.54, 1.807) is 0 Å². The van der Waals surface area contributed by atoms with Gasteiger partial charge in [-0.3, -0.25) is 4.79 Å².